The lowest BCUT2D eigenvalue weighted by atomic mass is 10.1. The number of carbonyl (C=O) groups excluding carboxylic acids is 2. The molecule has 0 spiro atoms. The molecule has 3 heterocycles. The highest BCUT2D eigenvalue weighted by Gasteiger charge is 2.33. The number of rotatable bonds is 2. The molecule has 2 fully saturated rings. The van der Waals surface area contributed by atoms with E-state index in [2.05, 4.69) is 10.2 Å². The number of hydrogen-bond donors (Lipinski definition) is 1. The first-order valence-corrected chi connectivity index (χ1v) is 10.3. The van der Waals surface area contributed by atoms with Gasteiger partial charge in [-0.05, 0) is 63.4 Å². The van der Waals surface area contributed by atoms with Crippen molar-refractivity contribution >= 4 is 29.3 Å². The van der Waals surface area contributed by atoms with Crippen LogP contribution in [-0.2, 0) is 4.79 Å². The smallest absolute Gasteiger partial charge is 0.253 e. The van der Waals surface area contributed by atoms with Gasteiger partial charge >= 0.3 is 0 Å². The van der Waals surface area contributed by atoms with Crippen LogP contribution in [0.2, 0.25) is 0 Å². The Labute approximate surface area is 153 Å². The maximum atomic E-state index is 12.7. The number of piperidine rings is 2. The molecule has 0 aliphatic carbocycles. The van der Waals surface area contributed by atoms with Crippen molar-refractivity contribution in [2.45, 2.75) is 48.8 Å². The number of anilines is 1. The highest BCUT2D eigenvalue weighted by atomic mass is 32.2. The van der Waals surface area contributed by atoms with Gasteiger partial charge in [0.15, 0.2) is 0 Å². The van der Waals surface area contributed by atoms with Gasteiger partial charge in [0.25, 0.3) is 11.8 Å². The fourth-order valence-corrected chi connectivity index (χ4v) is 5.05. The lowest BCUT2D eigenvalue weighted by Gasteiger charge is -2.36. The van der Waals surface area contributed by atoms with E-state index in [0.29, 0.717) is 5.56 Å². The first kappa shape index (κ1) is 16.9. The van der Waals surface area contributed by atoms with Gasteiger partial charge in [0.2, 0.25) is 0 Å². The number of carbonyl (C=O) groups is 2. The van der Waals surface area contributed by atoms with Gasteiger partial charge in [-0.2, -0.15) is 0 Å². The van der Waals surface area contributed by atoms with Gasteiger partial charge in [-0.15, -0.1) is 0 Å². The van der Waals surface area contributed by atoms with Crippen LogP contribution in [0, 0.1) is 0 Å². The van der Waals surface area contributed by atoms with E-state index in [1.165, 1.54) is 25.7 Å². The summed E-state index contributed by atoms with van der Waals surface area (Å²) in [6.07, 6.45) is 6.97. The second-order valence-corrected chi connectivity index (χ2v) is 8.24. The third-order valence-electron chi connectivity index (χ3n) is 5.31. The minimum Gasteiger partial charge on any atom is -0.339 e. The van der Waals surface area contributed by atoms with Crippen LogP contribution in [-0.4, -0.2) is 53.2 Å². The quantitative estimate of drug-likeness (QED) is 0.881. The average molecular weight is 359 g/mol. The van der Waals surface area contributed by atoms with Gasteiger partial charge in [-0.3, -0.25) is 14.5 Å². The predicted octanol–water partition coefficient (Wildman–Crippen LogP) is 3.17. The zero-order chi connectivity index (χ0) is 17.2. The Hall–Kier alpha value is -1.53. The van der Waals surface area contributed by atoms with E-state index < -0.39 is 0 Å². The van der Waals surface area contributed by atoms with Gasteiger partial charge in [-0.25, -0.2) is 0 Å². The lowest BCUT2D eigenvalue weighted by molar-refractivity contribution is -0.118. The highest BCUT2D eigenvalue weighted by Crippen LogP contribution is 2.38. The van der Waals surface area contributed by atoms with Crippen LogP contribution in [0.15, 0.2) is 23.1 Å². The van der Waals surface area contributed by atoms with E-state index in [0.717, 1.165) is 49.6 Å². The van der Waals surface area contributed by atoms with Gasteiger partial charge in [0, 0.05) is 23.5 Å². The number of amides is 2. The van der Waals surface area contributed by atoms with Crippen LogP contribution in [0.25, 0.3) is 0 Å². The van der Waals surface area contributed by atoms with E-state index in [4.69, 9.17) is 0 Å². The molecule has 0 radical (unpaired) electrons. The topological polar surface area (TPSA) is 52.7 Å². The average Bonchev–Trinajstić information content (AvgIpc) is 2.68. The molecule has 4 rings (SSSR count). The zero-order valence-corrected chi connectivity index (χ0v) is 15.3. The van der Waals surface area contributed by atoms with Crippen LogP contribution in [0.1, 0.15) is 48.9 Å². The number of nitrogens with one attached hydrogen (secondary N) is 1. The molecule has 2 amide bonds. The minimum absolute atomic E-state index is 0.0435. The number of likely N-dealkylation sites (tertiary alicyclic amines) is 2. The minimum atomic E-state index is -0.142. The lowest BCUT2D eigenvalue weighted by Crippen LogP contribution is -2.46. The molecular weight excluding hydrogens is 334 g/mol. The fraction of sp³-hybridized carbons (Fsp3) is 0.579. The van der Waals surface area contributed by atoms with E-state index in [1.807, 2.05) is 23.1 Å². The van der Waals surface area contributed by atoms with E-state index >= 15 is 0 Å². The van der Waals surface area contributed by atoms with E-state index in [9.17, 15) is 9.59 Å². The van der Waals surface area contributed by atoms with Crippen molar-refractivity contribution in [2.75, 3.05) is 31.5 Å². The SMILES string of the molecule is O=C1Nc2cc(C(=O)N3CCCCC3)ccc2SC1N1CCCCC1. The normalized spacial score (nSPS) is 24.6. The molecule has 25 heavy (non-hydrogen) atoms. The maximum absolute atomic E-state index is 12.7. The monoisotopic (exact) mass is 359 g/mol. The Kier molecular flexibility index (Phi) is 4.99. The summed E-state index contributed by atoms with van der Waals surface area (Å²) in [6.45, 7) is 3.67. The van der Waals surface area contributed by atoms with Crippen molar-refractivity contribution < 1.29 is 9.59 Å². The van der Waals surface area contributed by atoms with Gasteiger partial charge in [-0.1, -0.05) is 18.2 Å². The van der Waals surface area contributed by atoms with Crippen molar-refractivity contribution in [3.8, 4) is 0 Å². The summed E-state index contributed by atoms with van der Waals surface area (Å²) in [6, 6.07) is 5.75. The molecule has 5 nitrogen and oxygen atoms in total. The van der Waals surface area contributed by atoms with Crippen LogP contribution in [0.3, 0.4) is 0 Å². The second kappa shape index (κ2) is 7.38. The fourth-order valence-electron chi connectivity index (χ4n) is 3.90. The Bertz CT molecular complexity index is 667. The standard InChI is InChI=1S/C19H25N3O2S/c23-17-19(22-11-5-2-6-12-22)25-16-8-7-14(13-15(16)20-17)18(24)21-9-3-1-4-10-21/h7-8,13,19H,1-6,9-12H2,(H,20,23). The molecule has 0 aromatic heterocycles. The van der Waals surface area contributed by atoms with E-state index in [-0.39, 0.29) is 17.2 Å². The maximum Gasteiger partial charge on any atom is 0.253 e. The molecule has 0 bridgehead atoms. The van der Waals surface area contributed by atoms with Crippen LogP contribution in [0.4, 0.5) is 5.69 Å². The number of nitrogens with zero attached hydrogens (tertiary/aromatic N) is 2. The van der Waals surface area contributed by atoms with Crippen LogP contribution in [0.5, 0.6) is 0 Å². The first-order valence-electron chi connectivity index (χ1n) is 9.37. The summed E-state index contributed by atoms with van der Waals surface area (Å²) in [5.41, 5.74) is 1.46. The number of benzene rings is 1. The van der Waals surface area contributed by atoms with E-state index in [1.54, 1.807) is 11.8 Å². The third-order valence-corrected chi connectivity index (χ3v) is 6.66. The summed E-state index contributed by atoms with van der Waals surface area (Å²) < 4.78 is 0. The predicted molar refractivity (Wildman–Crippen MR) is 99.9 cm³/mol. The van der Waals surface area contributed by atoms with Crippen molar-refractivity contribution in [2.24, 2.45) is 0 Å². The van der Waals surface area contributed by atoms with Gasteiger partial charge in [0.05, 0.1) is 5.69 Å². The zero-order valence-electron chi connectivity index (χ0n) is 14.5. The summed E-state index contributed by atoms with van der Waals surface area (Å²) in [5, 5.41) is 2.89. The number of thioether (sulfide) groups is 1. The summed E-state index contributed by atoms with van der Waals surface area (Å²) in [7, 11) is 0. The molecular formula is C19H25N3O2S. The molecule has 2 saturated heterocycles. The molecule has 1 aromatic carbocycles. The Morgan fingerprint density at radius 2 is 1.68 bits per heavy atom. The molecule has 1 atom stereocenters. The Morgan fingerprint density at radius 1 is 1.00 bits per heavy atom. The molecule has 6 heteroatoms. The van der Waals surface area contributed by atoms with Crippen molar-refractivity contribution in [1.29, 1.82) is 0 Å². The molecule has 1 N–H and O–H groups in total. The second-order valence-electron chi connectivity index (χ2n) is 7.12. The summed E-state index contributed by atoms with van der Waals surface area (Å²) >= 11 is 1.62. The molecule has 1 aromatic rings. The molecule has 0 saturated carbocycles. The van der Waals surface area contributed by atoms with Crippen molar-refractivity contribution in [1.82, 2.24) is 9.80 Å². The molecule has 1 unspecified atom stereocenters. The van der Waals surface area contributed by atoms with Crippen LogP contribution < -0.4 is 5.32 Å². The first-order chi connectivity index (χ1) is 12.2. The Balaban J connectivity index is 1.51. The third kappa shape index (κ3) is 3.55. The molecule has 3 aliphatic rings. The number of hydrogen-bond acceptors (Lipinski definition) is 4. The Morgan fingerprint density at radius 3 is 2.40 bits per heavy atom. The van der Waals surface area contributed by atoms with Crippen molar-refractivity contribution in [3.63, 3.8) is 0 Å². The molecule has 3 aliphatic heterocycles. The summed E-state index contributed by atoms with van der Waals surface area (Å²) in [4.78, 5) is 30.5. The largest absolute Gasteiger partial charge is 0.339 e. The van der Waals surface area contributed by atoms with Gasteiger partial charge in [0.1, 0.15) is 5.37 Å². The van der Waals surface area contributed by atoms with Crippen LogP contribution >= 0.6 is 11.8 Å². The van der Waals surface area contributed by atoms with Crippen molar-refractivity contribution in [3.05, 3.63) is 23.8 Å². The van der Waals surface area contributed by atoms with Gasteiger partial charge < -0.3 is 10.2 Å². The summed E-state index contributed by atoms with van der Waals surface area (Å²) in [5.74, 6) is 0.127. The highest BCUT2D eigenvalue weighted by molar-refractivity contribution is 8.00. The number of fused-ring (bicyclic) bond motifs is 1. The molecule has 134 valence electrons.